The molecule has 246 valence electrons. The van der Waals surface area contributed by atoms with E-state index in [2.05, 4.69) is 0 Å². The first-order chi connectivity index (χ1) is 19.8. The van der Waals surface area contributed by atoms with E-state index in [1.54, 1.807) is 0 Å². The van der Waals surface area contributed by atoms with Crippen LogP contribution in [-0.4, -0.2) is 38.1 Å². The fourth-order valence-electron chi connectivity index (χ4n) is 4.23. The molecule has 1 unspecified atom stereocenters. The lowest BCUT2D eigenvalue weighted by molar-refractivity contribution is -0.140. The molecule has 0 aromatic heterocycles. The Morgan fingerprint density at radius 3 is 2.02 bits per heavy atom. The fraction of sp³-hybridized carbons (Fsp3) is 0.444. The van der Waals surface area contributed by atoms with E-state index in [4.69, 9.17) is 11.6 Å². The van der Waals surface area contributed by atoms with Crippen LogP contribution >= 0.6 is 11.6 Å². The lowest BCUT2D eigenvalue weighted by atomic mass is 9.92. The van der Waals surface area contributed by atoms with Gasteiger partial charge < -0.3 is 0 Å². The third-order valence-electron chi connectivity index (χ3n) is 6.17. The molecule has 0 aliphatic heterocycles. The van der Waals surface area contributed by atoms with E-state index in [-0.39, 0.29) is 12.1 Å². The molecule has 0 fully saturated rings. The molecule has 0 aliphatic carbocycles. The number of sulfone groups is 1. The van der Waals surface area contributed by atoms with Gasteiger partial charge in [0, 0.05) is 34.6 Å². The van der Waals surface area contributed by atoms with E-state index in [9.17, 15) is 61.5 Å². The van der Waals surface area contributed by atoms with E-state index in [0.29, 0.717) is 30.3 Å². The van der Waals surface area contributed by atoms with Gasteiger partial charge in [0.05, 0.1) is 11.3 Å². The van der Waals surface area contributed by atoms with Gasteiger partial charge in [-0.15, -0.1) is 0 Å². The minimum Gasteiger partial charge on any atom is -0.294 e. The highest BCUT2D eigenvalue weighted by atomic mass is 35.5. The van der Waals surface area contributed by atoms with Crippen molar-refractivity contribution in [2.45, 2.75) is 57.1 Å². The van der Waals surface area contributed by atoms with Crippen LogP contribution in [-0.2, 0) is 21.9 Å². The Kier molecular flexibility index (Phi) is 11.3. The van der Waals surface area contributed by atoms with Crippen molar-refractivity contribution in [3.63, 3.8) is 0 Å². The summed E-state index contributed by atoms with van der Waals surface area (Å²) in [5, 5.41) is -0.545. The monoisotopic (exact) mass is 690 g/mol. The molecule has 2 atom stereocenters. The van der Waals surface area contributed by atoms with Crippen LogP contribution in [0.25, 0.3) is 5.83 Å². The molecular weight excluding hydrogens is 668 g/mol. The van der Waals surface area contributed by atoms with Crippen molar-refractivity contribution >= 4 is 33.0 Å². The number of alkyl halides is 11. The Hall–Kier alpha value is -2.75. The average Bonchev–Trinajstić information content (AvgIpc) is 2.83. The molecule has 0 bridgehead atoms. The molecule has 2 aromatic rings. The molecule has 0 amide bonds. The number of rotatable bonds is 11. The number of carbonyl (C=O) groups excluding carboxylic acids is 1. The van der Waals surface area contributed by atoms with Crippen molar-refractivity contribution in [1.29, 1.82) is 0 Å². The third-order valence-corrected chi connectivity index (χ3v) is 8.23. The van der Waals surface area contributed by atoms with Gasteiger partial charge in [0.1, 0.15) is 17.5 Å². The van der Waals surface area contributed by atoms with Crippen molar-refractivity contribution in [1.82, 2.24) is 0 Å². The van der Waals surface area contributed by atoms with Crippen LogP contribution in [0.5, 0.6) is 0 Å². The van der Waals surface area contributed by atoms with Crippen LogP contribution in [0.4, 0.5) is 52.7 Å². The lowest BCUT2D eigenvalue weighted by Gasteiger charge is -2.21. The summed E-state index contributed by atoms with van der Waals surface area (Å²) in [6, 6.07) is 2.76. The Labute approximate surface area is 248 Å². The van der Waals surface area contributed by atoms with E-state index >= 15 is 4.39 Å². The number of halogens is 13. The van der Waals surface area contributed by atoms with Crippen LogP contribution < -0.4 is 0 Å². The fourth-order valence-corrected chi connectivity index (χ4v) is 6.07. The normalized spacial score (nSPS) is 15.3. The van der Waals surface area contributed by atoms with E-state index < -0.39 is 115 Å². The predicted molar refractivity (Wildman–Crippen MR) is 138 cm³/mol. The van der Waals surface area contributed by atoms with Gasteiger partial charge in [-0.2, -0.15) is 39.5 Å². The SMILES string of the molecule is CCC(F)(F)c1cc(Cl)cc(C(/C=C(\F)c2ccc(C(=O)C[C@H](C)CS(=O)(=O)CC(F)(F)F)c(C(F)(F)F)c2)C(F)(F)F)c1. The first-order valence-electron chi connectivity index (χ1n) is 12.4. The summed E-state index contributed by atoms with van der Waals surface area (Å²) in [7, 11) is -4.78. The van der Waals surface area contributed by atoms with Gasteiger partial charge >= 0.3 is 18.5 Å². The van der Waals surface area contributed by atoms with Crippen LogP contribution in [0.1, 0.15) is 65.2 Å². The minimum absolute atomic E-state index is 0.0200. The highest BCUT2D eigenvalue weighted by Crippen LogP contribution is 2.43. The molecule has 3 nitrogen and oxygen atoms in total. The maximum absolute atomic E-state index is 15.1. The number of hydrogen-bond donors (Lipinski definition) is 0. The topological polar surface area (TPSA) is 51.2 Å². The van der Waals surface area contributed by atoms with Crippen molar-refractivity contribution in [3.05, 3.63) is 75.3 Å². The van der Waals surface area contributed by atoms with Gasteiger partial charge in [0.2, 0.25) is 0 Å². The molecule has 0 aliphatic rings. The molecular formula is C27H23ClF12O3S. The maximum atomic E-state index is 15.1. The van der Waals surface area contributed by atoms with Crippen LogP contribution in [0.2, 0.25) is 5.02 Å². The molecule has 2 aromatic carbocycles. The van der Waals surface area contributed by atoms with Crippen molar-refractivity contribution in [2.24, 2.45) is 5.92 Å². The highest BCUT2D eigenvalue weighted by molar-refractivity contribution is 7.91. The molecule has 0 heterocycles. The summed E-state index contributed by atoms with van der Waals surface area (Å²) in [4.78, 5) is 12.6. The second kappa shape index (κ2) is 13.3. The van der Waals surface area contributed by atoms with Crippen molar-refractivity contribution in [2.75, 3.05) is 11.5 Å². The summed E-state index contributed by atoms with van der Waals surface area (Å²) in [6.45, 7) is 2.05. The second-order valence-electron chi connectivity index (χ2n) is 10.0. The Morgan fingerprint density at radius 2 is 1.52 bits per heavy atom. The molecule has 0 spiro atoms. The molecule has 0 saturated heterocycles. The molecule has 2 rings (SSSR count). The van der Waals surface area contributed by atoms with Gasteiger partial charge in [0.25, 0.3) is 5.92 Å². The first-order valence-corrected chi connectivity index (χ1v) is 14.6. The second-order valence-corrected chi connectivity index (χ2v) is 12.6. The standard InChI is InChI=1S/C27H23ClF12O3S/c1-3-24(30,31)17-7-16(8-18(28)10-17)20(26(35,36)37)11-22(29)15-4-5-19(21(9-15)27(38,39)40)23(41)6-14(2)12-44(42,43)13-25(32,33)34/h4-5,7-11,14,20H,3,6,12-13H2,1-2H3/b22-11-/t14-,20?/m0/s1. The number of ketones is 1. The van der Waals surface area contributed by atoms with E-state index in [0.717, 1.165) is 13.8 Å². The zero-order valence-corrected chi connectivity index (χ0v) is 24.1. The summed E-state index contributed by atoms with van der Waals surface area (Å²) < 4.78 is 187. The average molecular weight is 691 g/mol. The third kappa shape index (κ3) is 10.4. The maximum Gasteiger partial charge on any atom is 0.417 e. The number of benzene rings is 2. The minimum atomic E-state index is -5.39. The quantitative estimate of drug-likeness (QED) is 0.174. The summed E-state index contributed by atoms with van der Waals surface area (Å²) >= 11 is 5.72. The number of allylic oxidation sites excluding steroid dienone is 1. The summed E-state index contributed by atoms with van der Waals surface area (Å²) in [5.41, 5.74) is -5.87. The van der Waals surface area contributed by atoms with Crippen molar-refractivity contribution < 1.29 is 65.9 Å². The number of carbonyl (C=O) groups is 1. The summed E-state index contributed by atoms with van der Waals surface area (Å²) in [5.74, 6) is -14.6. The summed E-state index contributed by atoms with van der Waals surface area (Å²) in [6.07, 6.45) is -17.7. The van der Waals surface area contributed by atoms with Gasteiger partial charge in [-0.05, 0) is 41.8 Å². The Bertz CT molecular complexity index is 1490. The molecule has 44 heavy (non-hydrogen) atoms. The highest BCUT2D eigenvalue weighted by Gasteiger charge is 2.42. The number of hydrogen-bond acceptors (Lipinski definition) is 3. The van der Waals surface area contributed by atoms with Gasteiger partial charge in [0.15, 0.2) is 15.6 Å². The molecule has 17 heteroatoms. The van der Waals surface area contributed by atoms with Crippen LogP contribution in [0, 0.1) is 5.92 Å². The van der Waals surface area contributed by atoms with E-state index in [1.165, 1.54) is 0 Å². The Morgan fingerprint density at radius 1 is 0.932 bits per heavy atom. The largest absolute Gasteiger partial charge is 0.417 e. The number of Topliss-reactive ketones (excluding diaryl/α,β-unsaturated/α-hetero) is 1. The zero-order valence-electron chi connectivity index (χ0n) is 22.6. The molecule has 0 saturated carbocycles. The Balaban J connectivity index is 2.51. The predicted octanol–water partition coefficient (Wildman–Crippen LogP) is 9.70. The van der Waals surface area contributed by atoms with Gasteiger partial charge in [-0.3, -0.25) is 4.79 Å². The molecule has 0 N–H and O–H groups in total. The van der Waals surface area contributed by atoms with E-state index in [1.807, 2.05) is 0 Å². The van der Waals surface area contributed by atoms with Crippen molar-refractivity contribution in [3.8, 4) is 0 Å². The zero-order chi connectivity index (χ0) is 34.1. The van der Waals surface area contributed by atoms with Gasteiger partial charge in [-0.25, -0.2) is 21.6 Å². The van der Waals surface area contributed by atoms with Gasteiger partial charge in [-0.1, -0.05) is 37.6 Å². The lowest BCUT2D eigenvalue weighted by Crippen LogP contribution is -2.28. The smallest absolute Gasteiger partial charge is 0.294 e. The van der Waals surface area contributed by atoms with Crippen LogP contribution in [0.15, 0.2) is 42.5 Å². The molecule has 0 radical (unpaired) electrons. The first kappa shape index (κ1) is 37.4. The van der Waals surface area contributed by atoms with Crippen LogP contribution in [0.3, 0.4) is 0 Å².